The summed E-state index contributed by atoms with van der Waals surface area (Å²) < 4.78 is 0. The molecule has 2 aliphatic heterocycles. The number of anilines is 3. The summed E-state index contributed by atoms with van der Waals surface area (Å²) in [4.78, 5) is 60.0. The quantitative estimate of drug-likeness (QED) is 0.170. The van der Waals surface area contributed by atoms with Gasteiger partial charge in [-0.3, -0.25) is 29.0 Å². The van der Waals surface area contributed by atoms with E-state index >= 15 is 0 Å². The second kappa shape index (κ2) is 13.7. The van der Waals surface area contributed by atoms with Crippen molar-refractivity contribution in [2.24, 2.45) is 0 Å². The Morgan fingerprint density at radius 1 is 0.527 bits per heavy atom. The molecule has 2 heterocycles. The van der Waals surface area contributed by atoms with Gasteiger partial charge in [-0.25, -0.2) is 0 Å². The Morgan fingerprint density at radius 2 is 1.00 bits per heavy atom. The summed E-state index contributed by atoms with van der Waals surface area (Å²) in [6, 6.07) is 38.9. The molecular weight excluding hydrogens is 776 g/mol. The Bertz CT molecular complexity index is 2600. The van der Waals surface area contributed by atoms with Gasteiger partial charge in [0, 0.05) is 51.8 Å². The van der Waals surface area contributed by atoms with Crippen LogP contribution in [0, 0.1) is 0 Å². The molecule has 0 aromatic heterocycles. The topological polar surface area (TPSA) is 86.8 Å². The number of amides is 3. The molecule has 0 spiro atoms. The van der Waals surface area contributed by atoms with Crippen LogP contribution in [0.15, 0.2) is 133 Å². The highest BCUT2D eigenvalue weighted by Crippen LogP contribution is 2.70. The van der Waals surface area contributed by atoms with E-state index in [1.165, 1.54) is 32.0 Å². The van der Waals surface area contributed by atoms with Crippen LogP contribution in [0.3, 0.4) is 0 Å². The lowest BCUT2D eigenvalue weighted by Gasteiger charge is -2.49. The average molecular weight is 806 g/mol. The first kappa shape index (κ1) is 36.5. The fourth-order valence-corrected chi connectivity index (χ4v) is 9.43. The van der Waals surface area contributed by atoms with Gasteiger partial charge in [0.25, 0.3) is 5.91 Å². The fraction of sp³-hybridized carbons (Fsp3) is 0.0909. The van der Waals surface area contributed by atoms with Crippen molar-refractivity contribution in [3.05, 3.63) is 192 Å². The number of fused-ring (bicyclic) bond motifs is 5. The van der Waals surface area contributed by atoms with Gasteiger partial charge in [-0.2, -0.15) is 0 Å². The monoisotopic (exact) mass is 803 g/mol. The second-order valence-electron chi connectivity index (χ2n) is 13.4. The zero-order valence-corrected chi connectivity index (χ0v) is 32.3. The highest BCUT2D eigenvalue weighted by molar-refractivity contribution is 6.38. The number of nitrogens with zero attached hydrogens (tertiary/aromatic N) is 2. The van der Waals surface area contributed by atoms with Crippen LogP contribution in [0.5, 0.6) is 0 Å². The number of ketones is 1. The predicted octanol–water partition coefficient (Wildman–Crippen LogP) is 10.7. The third-order valence-electron chi connectivity index (χ3n) is 10.3. The lowest BCUT2D eigenvalue weighted by Crippen LogP contribution is -2.62. The van der Waals surface area contributed by atoms with Crippen LogP contribution in [0.25, 0.3) is 0 Å². The standard InChI is InChI=1S/C44H29Cl4N3O4/c1-25(52)50-39-21-27(41(54)33-17-14-30(45)22-37(33)47)13-19-35(39)43(28-9-5-3-6-10-28)44(50,29-11-7-4-8-12-29)36-20-16-32(24-40(36)51(43)26(2)53)49-42(55)34-18-15-31(46)23-38(34)48/h3-24H,1-2H3,(H,49,55)/t43-,44-/m1/s1. The van der Waals surface area contributed by atoms with Gasteiger partial charge in [0.15, 0.2) is 5.78 Å². The van der Waals surface area contributed by atoms with Crippen molar-refractivity contribution in [3.8, 4) is 0 Å². The highest BCUT2D eigenvalue weighted by atomic mass is 35.5. The van der Waals surface area contributed by atoms with Crippen LogP contribution in [-0.4, -0.2) is 23.5 Å². The summed E-state index contributed by atoms with van der Waals surface area (Å²) in [5, 5.41) is 4.09. The molecule has 1 N–H and O–H groups in total. The van der Waals surface area contributed by atoms with Crippen LogP contribution in [-0.2, 0) is 20.7 Å². The van der Waals surface area contributed by atoms with Crippen molar-refractivity contribution in [1.82, 2.24) is 0 Å². The molecule has 3 amide bonds. The van der Waals surface area contributed by atoms with E-state index in [0.29, 0.717) is 49.4 Å². The first-order valence-corrected chi connectivity index (χ1v) is 18.7. The number of rotatable bonds is 6. The van der Waals surface area contributed by atoms with E-state index in [1.54, 1.807) is 52.3 Å². The number of carbonyl (C=O) groups excluding carboxylic acids is 4. The molecule has 0 saturated carbocycles. The summed E-state index contributed by atoms with van der Waals surface area (Å²) in [7, 11) is 0. The van der Waals surface area contributed by atoms with E-state index in [9.17, 15) is 19.2 Å². The maximum Gasteiger partial charge on any atom is 0.257 e. The molecule has 0 unspecified atom stereocenters. The van der Waals surface area contributed by atoms with E-state index in [1.807, 2.05) is 72.8 Å². The van der Waals surface area contributed by atoms with E-state index in [2.05, 4.69) is 5.32 Å². The van der Waals surface area contributed by atoms with E-state index in [4.69, 9.17) is 46.4 Å². The molecule has 6 aromatic rings. The maximum atomic E-state index is 14.5. The van der Waals surface area contributed by atoms with Gasteiger partial charge in [0.2, 0.25) is 11.8 Å². The van der Waals surface area contributed by atoms with Crippen molar-refractivity contribution < 1.29 is 19.2 Å². The van der Waals surface area contributed by atoms with Gasteiger partial charge < -0.3 is 5.32 Å². The Hall–Kier alpha value is -5.44. The molecule has 2 aliphatic rings. The van der Waals surface area contributed by atoms with Crippen molar-refractivity contribution in [2.75, 3.05) is 15.1 Å². The largest absolute Gasteiger partial charge is 0.322 e. The van der Waals surface area contributed by atoms with Crippen molar-refractivity contribution in [3.63, 3.8) is 0 Å². The summed E-state index contributed by atoms with van der Waals surface area (Å²) in [5.74, 6) is -1.49. The molecule has 6 aromatic carbocycles. The summed E-state index contributed by atoms with van der Waals surface area (Å²) in [6.07, 6.45) is 0. The lowest BCUT2D eigenvalue weighted by atomic mass is 9.65. The van der Waals surface area contributed by atoms with Gasteiger partial charge in [-0.1, -0.05) is 125 Å². The average Bonchev–Trinajstić information content (AvgIpc) is 3.58. The maximum absolute atomic E-state index is 14.5. The van der Waals surface area contributed by atoms with Gasteiger partial charge in [0.1, 0.15) is 11.1 Å². The molecule has 7 nitrogen and oxygen atoms in total. The molecule has 272 valence electrons. The van der Waals surface area contributed by atoms with Crippen molar-refractivity contribution in [2.45, 2.75) is 24.9 Å². The normalized spacial score (nSPS) is 18.0. The number of halogens is 4. The fourth-order valence-electron chi connectivity index (χ4n) is 8.44. The molecule has 55 heavy (non-hydrogen) atoms. The first-order valence-electron chi connectivity index (χ1n) is 17.2. The zero-order valence-electron chi connectivity index (χ0n) is 29.2. The molecule has 0 bridgehead atoms. The minimum absolute atomic E-state index is 0.182. The van der Waals surface area contributed by atoms with Crippen LogP contribution in [0.1, 0.15) is 62.4 Å². The lowest BCUT2D eigenvalue weighted by molar-refractivity contribution is -0.119. The minimum Gasteiger partial charge on any atom is -0.322 e. The minimum atomic E-state index is -1.41. The number of nitrogens with one attached hydrogen (secondary N) is 1. The van der Waals surface area contributed by atoms with Gasteiger partial charge in [-0.05, 0) is 65.7 Å². The molecule has 0 saturated heterocycles. The third-order valence-corrected chi connectivity index (χ3v) is 11.4. The second-order valence-corrected chi connectivity index (χ2v) is 15.0. The Morgan fingerprint density at radius 3 is 1.49 bits per heavy atom. The highest BCUT2D eigenvalue weighted by Gasteiger charge is 2.73. The number of carbonyl (C=O) groups is 4. The summed E-state index contributed by atoms with van der Waals surface area (Å²) in [5.41, 5.74) is 1.92. The molecular formula is C44H29Cl4N3O4. The zero-order chi connectivity index (χ0) is 38.8. The smallest absolute Gasteiger partial charge is 0.257 e. The van der Waals surface area contributed by atoms with Crippen molar-refractivity contribution >= 4 is 87.0 Å². The van der Waals surface area contributed by atoms with Crippen LogP contribution in [0.2, 0.25) is 20.1 Å². The van der Waals surface area contributed by atoms with E-state index in [-0.39, 0.29) is 44.3 Å². The number of hydrogen-bond acceptors (Lipinski definition) is 4. The summed E-state index contributed by atoms with van der Waals surface area (Å²) in [6.45, 7) is 2.95. The molecule has 11 heteroatoms. The van der Waals surface area contributed by atoms with E-state index < -0.39 is 17.0 Å². The SMILES string of the molecule is CC(=O)N1c2cc(NC(=O)c3ccc(Cl)cc3Cl)ccc2[C@@]2(c3ccccc3)N(C(C)=O)c3cc(C(=O)c4ccc(Cl)cc4Cl)ccc3[C@@]12c1ccccc1. The van der Waals surface area contributed by atoms with Gasteiger partial charge in [-0.15, -0.1) is 0 Å². The van der Waals surface area contributed by atoms with Gasteiger partial charge >= 0.3 is 0 Å². The molecule has 0 radical (unpaired) electrons. The molecule has 2 atom stereocenters. The summed E-state index contributed by atoms with van der Waals surface area (Å²) >= 11 is 25.1. The predicted molar refractivity (Wildman–Crippen MR) is 218 cm³/mol. The van der Waals surface area contributed by atoms with Crippen LogP contribution in [0.4, 0.5) is 17.1 Å². The van der Waals surface area contributed by atoms with E-state index in [0.717, 1.165) is 0 Å². The first-order chi connectivity index (χ1) is 26.4. The molecule has 8 rings (SSSR count). The number of benzene rings is 6. The van der Waals surface area contributed by atoms with Crippen molar-refractivity contribution in [1.29, 1.82) is 0 Å². The Kier molecular flexibility index (Phi) is 9.10. The Labute approximate surface area is 337 Å². The van der Waals surface area contributed by atoms with Gasteiger partial charge in [0.05, 0.1) is 27.0 Å². The molecule has 0 fully saturated rings. The molecule has 0 aliphatic carbocycles. The Balaban J connectivity index is 1.43. The van der Waals surface area contributed by atoms with Crippen LogP contribution >= 0.6 is 46.4 Å². The number of hydrogen-bond donors (Lipinski definition) is 1. The third kappa shape index (κ3) is 5.40. The van der Waals surface area contributed by atoms with Crippen LogP contribution < -0.4 is 15.1 Å².